The summed E-state index contributed by atoms with van der Waals surface area (Å²) in [5.41, 5.74) is 0.377. The molecule has 0 aliphatic heterocycles. The molecule has 1 aromatic rings. The number of hydrogen-bond acceptors (Lipinski definition) is 3. The Labute approximate surface area is 98.0 Å². The highest BCUT2D eigenvalue weighted by Crippen LogP contribution is 2.12. The first-order chi connectivity index (χ1) is 8.00. The van der Waals surface area contributed by atoms with Crippen LogP contribution in [-0.2, 0) is 4.79 Å². The Bertz CT molecular complexity index is 444. The van der Waals surface area contributed by atoms with Crippen LogP contribution in [0.15, 0.2) is 35.9 Å². The molecular formula is C12H12O5. The van der Waals surface area contributed by atoms with Crippen LogP contribution in [0.1, 0.15) is 17.3 Å². The van der Waals surface area contributed by atoms with Gasteiger partial charge < -0.3 is 14.9 Å². The van der Waals surface area contributed by atoms with E-state index in [9.17, 15) is 9.59 Å². The topological polar surface area (TPSA) is 83.8 Å². The van der Waals surface area contributed by atoms with Crippen molar-refractivity contribution in [3.63, 3.8) is 0 Å². The normalized spacial score (nSPS) is 11.0. The van der Waals surface area contributed by atoms with Crippen molar-refractivity contribution in [2.45, 2.75) is 6.92 Å². The largest absolute Gasteiger partial charge is 0.490 e. The van der Waals surface area contributed by atoms with Crippen molar-refractivity contribution < 1.29 is 24.5 Å². The quantitative estimate of drug-likeness (QED) is 0.761. The SMILES string of the molecule is C/C(=C\COc1ccc(C(=O)O)cc1)C(=O)O. The number of rotatable bonds is 5. The fraction of sp³-hybridized carbons (Fsp3) is 0.167. The Morgan fingerprint density at radius 3 is 2.29 bits per heavy atom. The number of carbonyl (C=O) groups is 2. The molecule has 5 nitrogen and oxygen atoms in total. The monoisotopic (exact) mass is 236 g/mol. The average molecular weight is 236 g/mol. The number of benzene rings is 1. The van der Waals surface area contributed by atoms with Crippen LogP contribution in [0, 0.1) is 0 Å². The Morgan fingerprint density at radius 1 is 1.24 bits per heavy atom. The van der Waals surface area contributed by atoms with E-state index < -0.39 is 11.9 Å². The van der Waals surface area contributed by atoms with Crippen molar-refractivity contribution in [3.05, 3.63) is 41.5 Å². The Hall–Kier alpha value is -2.30. The van der Waals surface area contributed by atoms with Gasteiger partial charge in [0.05, 0.1) is 5.56 Å². The van der Waals surface area contributed by atoms with E-state index in [1.165, 1.54) is 37.3 Å². The zero-order valence-corrected chi connectivity index (χ0v) is 9.21. The maximum absolute atomic E-state index is 10.6. The van der Waals surface area contributed by atoms with Crippen molar-refractivity contribution in [1.82, 2.24) is 0 Å². The molecule has 0 spiro atoms. The third kappa shape index (κ3) is 3.98. The van der Waals surface area contributed by atoms with Crippen LogP contribution < -0.4 is 4.74 Å². The van der Waals surface area contributed by atoms with Gasteiger partial charge in [-0.3, -0.25) is 0 Å². The number of carboxylic acid groups (broad SMARTS) is 2. The molecule has 0 unspecified atom stereocenters. The molecule has 0 atom stereocenters. The van der Waals surface area contributed by atoms with Crippen LogP contribution in [0.25, 0.3) is 0 Å². The predicted molar refractivity (Wildman–Crippen MR) is 60.3 cm³/mol. The molecule has 0 aliphatic carbocycles. The summed E-state index contributed by atoms with van der Waals surface area (Å²) in [6, 6.07) is 5.89. The lowest BCUT2D eigenvalue weighted by Gasteiger charge is -2.03. The molecule has 0 aliphatic rings. The second-order valence-electron chi connectivity index (χ2n) is 3.33. The molecule has 90 valence electrons. The molecule has 0 bridgehead atoms. The van der Waals surface area contributed by atoms with E-state index in [2.05, 4.69) is 0 Å². The van der Waals surface area contributed by atoms with Gasteiger partial charge in [-0.2, -0.15) is 0 Å². The Balaban J connectivity index is 2.56. The number of hydrogen-bond donors (Lipinski definition) is 2. The van der Waals surface area contributed by atoms with Crippen LogP contribution in [0.2, 0.25) is 0 Å². The molecule has 0 saturated heterocycles. The first-order valence-corrected chi connectivity index (χ1v) is 4.87. The molecule has 0 radical (unpaired) electrons. The smallest absolute Gasteiger partial charge is 0.335 e. The van der Waals surface area contributed by atoms with Crippen LogP contribution in [0.4, 0.5) is 0 Å². The minimum atomic E-state index is -1.00. The summed E-state index contributed by atoms with van der Waals surface area (Å²) in [4.78, 5) is 21.0. The fourth-order valence-corrected chi connectivity index (χ4v) is 1.04. The summed E-state index contributed by atoms with van der Waals surface area (Å²) >= 11 is 0. The van der Waals surface area contributed by atoms with Gasteiger partial charge >= 0.3 is 11.9 Å². The van der Waals surface area contributed by atoms with E-state index in [1.807, 2.05) is 0 Å². The molecule has 0 fully saturated rings. The van der Waals surface area contributed by atoms with Gasteiger partial charge in [0.25, 0.3) is 0 Å². The number of aliphatic carboxylic acids is 1. The van der Waals surface area contributed by atoms with Gasteiger partial charge in [0, 0.05) is 5.57 Å². The van der Waals surface area contributed by atoms with Crippen molar-refractivity contribution in [2.24, 2.45) is 0 Å². The first-order valence-electron chi connectivity index (χ1n) is 4.87. The molecular weight excluding hydrogens is 224 g/mol. The van der Waals surface area contributed by atoms with Crippen molar-refractivity contribution in [3.8, 4) is 5.75 Å². The number of carboxylic acids is 2. The number of ether oxygens (including phenoxy) is 1. The standard InChI is InChI=1S/C12H12O5/c1-8(11(13)14)6-7-17-10-4-2-9(3-5-10)12(15)16/h2-6H,7H2,1H3,(H,13,14)(H,15,16)/b8-6+. The lowest BCUT2D eigenvalue weighted by atomic mass is 10.2. The highest BCUT2D eigenvalue weighted by Gasteiger charge is 2.02. The minimum Gasteiger partial charge on any atom is -0.490 e. The molecule has 1 rings (SSSR count). The van der Waals surface area contributed by atoms with Gasteiger partial charge in [-0.1, -0.05) is 0 Å². The van der Waals surface area contributed by atoms with Crippen molar-refractivity contribution in [1.29, 1.82) is 0 Å². The van der Waals surface area contributed by atoms with Gasteiger partial charge in [-0.25, -0.2) is 9.59 Å². The average Bonchev–Trinajstić information content (AvgIpc) is 2.29. The van der Waals surface area contributed by atoms with Gasteiger partial charge in [0.2, 0.25) is 0 Å². The highest BCUT2D eigenvalue weighted by atomic mass is 16.5. The summed E-state index contributed by atoms with van der Waals surface area (Å²) in [7, 11) is 0. The lowest BCUT2D eigenvalue weighted by Crippen LogP contribution is -2.01. The van der Waals surface area contributed by atoms with E-state index in [0.717, 1.165) is 0 Å². The van der Waals surface area contributed by atoms with Gasteiger partial charge in [0.1, 0.15) is 12.4 Å². The minimum absolute atomic E-state index is 0.130. The highest BCUT2D eigenvalue weighted by molar-refractivity contribution is 5.87. The summed E-state index contributed by atoms with van der Waals surface area (Å²) in [5.74, 6) is -1.50. The van der Waals surface area contributed by atoms with E-state index in [4.69, 9.17) is 14.9 Å². The summed E-state index contributed by atoms with van der Waals surface area (Å²) in [6.07, 6.45) is 1.44. The van der Waals surface area contributed by atoms with Crippen molar-refractivity contribution in [2.75, 3.05) is 6.61 Å². The van der Waals surface area contributed by atoms with Crippen molar-refractivity contribution >= 4 is 11.9 Å². The second-order valence-corrected chi connectivity index (χ2v) is 3.33. The maximum Gasteiger partial charge on any atom is 0.335 e. The summed E-state index contributed by atoms with van der Waals surface area (Å²) in [5, 5.41) is 17.3. The fourth-order valence-electron chi connectivity index (χ4n) is 1.04. The van der Waals surface area contributed by atoms with Gasteiger partial charge in [-0.05, 0) is 37.3 Å². The molecule has 1 aromatic carbocycles. The van der Waals surface area contributed by atoms with Crippen LogP contribution >= 0.6 is 0 Å². The summed E-state index contributed by atoms with van der Waals surface area (Å²) < 4.78 is 5.23. The predicted octanol–water partition coefficient (Wildman–Crippen LogP) is 1.79. The molecule has 0 amide bonds. The second kappa shape index (κ2) is 5.69. The lowest BCUT2D eigenvalue weighted by molar-refractivity contribution is -0.132. The van der Waals surface area contributed by atoms with Gasteiger partial charge in [-0.15, -0.1) is 0 Å². The maximum atomic E-state index is 10.6. The van der Waals surface area contributed by atoms with Gasteiger partial charge in [0.15, 0.2) is 0 Å². The molecule has 5 heteroatoms. The van der Waals surface area contributed by atoms with E-state index >= 15 is 0 Å². The number of aromatic carboxylic acids is 1. The van der Waals surface area contributed by atoms with E-state index in [1.54, 1.807) is 0 Å². The van der Waals surface area contributed by atoms with E-state index in [0.29, 0.717) is 5.75 Å². The molecule has 0 heterocycles. The molecule has 2 N–H and O–H groups in total. The summed E-state index contributed by atoms with van der Waals surface area (Å²) in [6.45, 7) is 1.60. The first kappa shape index (κ1) is 12.8. The van der Waals surface area contributed by atoms with Crippen LogP contribution in [-0.4, -0.2) is 28.8 Å². The Kier molecular flexibility index (Phi) is 4.28. The molecule has 0 saturated carbocycles. The van der Waals surface area contributed by atoms with E-state index in [-0.39, 0.29) is 17.7 Å². The molecule has 0 aromatic heterocycles. The zero-order valence-electron chi connectivity index (χ0n) is 9.21. The van der Waals surface area contributed by atoms with Crippen LogP contribution in [0.3, 0.4) is 0 Å². The molecule has 17 heavy (non-hydrogen) atoms. The van der Waals surface area contributed by atoms with Crippen LogP contribution in [0.5, 0.6) is 5.75 Å². The third-order valence-electron chi connectivity index (χ3n) is 2.08. The Morgan fingerprint density at radius 2 is 1.82 bits per heavy atom. The third-order valence-corrected chi connectivity index (χ3v) is 2.08. The zero-order chi connectivity index (χ0) is 12.8.